The van der Waals surface area contributed by atoms with Crippen LogP contribution < -0.4 is 0 Å². The number of carboxylic acids is 1. The van der Waals surface area contributed by atoms with Gasteiger partial charge in [-0.1, -0.05) is 13.3 Å². The molecule has 21 heavy (non-hydrogen) atoms. The van der Waals surface area contributed by atoms with Crippen LogP contribution in [0.5, 0.6) is 0 Å². The van der Waals surface area contributed by atoms with Gasteiger partial charge >= 0.3 is 5.97 Å². The SMILES string of the molecule is CCCC1(C(=O)O)CCCN(S(=O)(=O)c2ccc(C)s2)C1. The lowest BCUT2D eigenvalue weighted by atomic mass is 9.77. The van der Waals surface area contributed by atoms with Crippen LogP contribution >= 0.6 is 11.3 Å². The first-order chi connectivity index (χ1) is 9.82. The molecule has 0 saturated carbocycles. The Kier molecular flexibility index (Phi) is 4.75. The molecule has 1 aromatic heterocycles. The third kappa shape index (κ3) is 3.14. The Balaban J connectivity index is 2.30. The molecule has 1 fully saturated rings. The molecule has 0 aliphatic carbocycles. The number of thiophene rings is 1. The van der Waals surface area contributed by atoms with Crippen molar-refractivity contribution in [3.05, 3.63) is 17.0 Å². The van der Waals surface area contributed by atoms with Crippen molar-refractivity contribution < 1.29 is 18.3 Å². The number of carboxylic acid groups (broad SMARTS) is 1. The molecule has 2 rings (SSSR count). The maximum atomic E-state index is 12.7. The zero-order chi connectivity index (χ0) is 15.7. The molecule has 0 radical (unpaired) electrons. The lowest BCUT2D eigenvalue weighted by molar-refractivity contribution is -0.151. The molecule has 0 spiro atoms. The average molecular weight is 331 g/mol. The Hall–Kier alpha value is -0.920. The van der Waals surface area contributed by atoms with Crippen molar-refractivity contribution in [2.45, 2.75) is 43.7 Å². The monoisotopic (exact) mass is 331 g/mol. The molecule has 0 aromatic carbocycles. The van der Waals surface area contributed by atoms with E-state index in [2.05, 4.69) is 0 Å². The number of aliphatic carboxylic acids is 1. The van der Waals surface area contributed by atoms with E-state index in [-0.39, 0.29) is 6.54 Å². The highest BCUT2D eigenvalue weighted by Crippen LogP contribution is 2.38. The summed E-state index contributed by atoms with van der Waals surface area (Å²) in [6, 6.07) is 3.38. The molecule has 1 N–H and O–H groups in total. The van der Waals surface area contributed by atoms with Crippen molar-refractivity contribution in [3.8, 4) is 0 Å². The van der Waals surface area contributed by atoms with Crippen LogP contribution in [0.25, 0.3) is 0 Å². The minimum atomic E-state index is -3.58. The lowest BCUT2D eigenvalue weighted by Gasteiger charge is -2.38. The van der Waals surface area contributed by atoms with Crippen LogP contribution in [0.2, 0.25) is 0 Å². The predicted octanol–water partition coefficient (Wildman–Crippen LogP) is 2.71. The molecule has 0 bridgehead atoms. The van der Waals surface area contributed by atoms with E-state index in [0.717, 1.165) is 11.3 Å². The van der Waals surface area contributed by atoms with Gasteiger partial charge in [0.1, 0.15) is 4.21 Å². The highest BCUT2D eigenvalue weighted by atomic mass is 32.2. The van der Waals surface area contributed by atoms with Gasteiger partial charge < -0.3 is 5.11 Å². The Morgan fingerprint density at radius 1 is 1.48 bits per heavy atom. The second-order valence-electron chi connectivity index (χ2n) is 5.64. The first-order valence-corrected chi connectivity index (χ1v) is 9.37. The van der Waals surface area contributed by atoms with E-state index in [0.29, 0.717) is 30.0 Å². The molecule has 2 heterocycles. The number of hydrogen-bond acceptors (Lipinski definition) is 4. The van der Waals surface area contributed by atoms with E-state index < -0.39 is 21.4 Å². The summed E-state index contributed by atoms with van der Waals surface area (Å²) in [5.41, 5.74) is -0.938. The average Bonchev–Trinajstić information content (AvgIpc) is 2.86. The van der Waals surface area contributed by atoms with Crippen molar-refractivity contribution in [2.75, 3.05) is 13.1 Å². The molecule has 1 atom stereocenters. The van der Waals surface area contributed by atoms with Crippen LogP contribution in [0, 0.1) is 12.3 Å². The highest BCUT2D eigenvalue weighted by Gasteiger charge is 2.45. The summed E-state index contributed by atoms with van der Waals surface area (Å²) in [7, 11) is -3.58. The lowest BCUT2D eigenvalue weighted by Crippen LogP contribution is -2.49. The van der Waals surface area contributed by atoms with Crippen molar-refractivity contribution in [3.63, 3.8) is 0 Å². The van der Waals surface area contributed by atoms with E-state index in [1.54, 1.807) is 12.1 Å². The number of nitrogens with zero attached hydrogens (tertiary/aromatic N) is 1. The van der Waals surface area contributed by atoms with Gasteiger partial charge in [-0.05, 0) is 38.3 Å². The fourth-order valence-corrected chi connectivity index (χ4v) is 5.94. The number of aryl methyl sites for hydroxylation is 1. The standard InChI is InChI=1S/C14H21NO4S2/c1-3-7-14(13(16)17)8-4-9-15(10-14)21(18,19)12-6-5-11(2)20-12/h5-6H,3-4,7-10H2,1-2H3,(H,16,17). The maximum Gasteiger partial charge on any atom is 0.310 e. The fourth-order valence-electron chi connectivity index (χ4n) is 2.94. The zero-order valence-corrected chi connectivity index (χ0v) is 14.0. The topological polar surface area (TPSA) is 74.7 Å². The van der Waals surface area contributed by atoms with Crippen molar-refractivity contribution >= 4 is 27.3 Å². The van der Waals surface area contributed by atoms with Gasteiger partial charge in [-0.15, -0.1) is 11.3 Å². The van der Waals surface area contributed by atoms with E-state index >= 15 is 0 Å². The summed E-state index contributed by atoms with van der Waals surface area (Å²) in [5.74, 6) is -0.883. The largest absolute Gasteiger partial charge is 0.481 e. The summed E-state index contributed by atoms with van der Waals surface area (Å²) in [5, 5.41) is 9.56. The maximum absolute atomic E-state index is 12.7. The van der Waals surface area contributed by atoms with Crippen LogP contribution in [0.1, 0.15) is 37.5 Å². The third-order valence-corrected chi connectivity index (χ3v) is 7.35. The molecule has 5 nitrogen and oxygen atoms in total. The minimum Gasteiger partial charge on any atom is -0.481 e. The van der Waals surface area contributed by atoms with Gasteiger partial charge in [0.2, 0.25) is 0 Å². The van der Waals surface area contributed by atoms with Crippen LogP contribution in [0.15, 0.2) is 16.3 Å². The Morgan fingerprint density at radius 3 is 2.71 bits per heavy atom. The summed E-state index contributed by atoms with van der Waals surface area (Å²) in [6.07, 6.45) is 2.39. The minimum absolute atomic E-state index is 0.0788. The van der Waals surface area contributed by atoms with Gasteiger partial charge in [0.15, 0.2) is 0 Å². The third-order valence-electron chi connectivity index (χ3n) is 4.03. The molecular weight excluding hydrogens is 310 g/mol. The number of carbonyl (C=O) groups is 1. The number of hydrogen-bond donors (Lipinski definition) is 1. The Morgan fingerprint density at radius 2 is 2.19 bits per heavy atom. The van der Waals surface area contributed by atoms with Crippen LogP contribution in [0.3, 0.4) is 0 Å². The molecule has 0 amide bonds. The summed E-state index contributed by atoms with van der Waals surface area (Å²) in [6.45, 7) is 4.27. The fraction of sp³-hybridized carbons (Fsp3) is 0.643. The Bertz CT molecular complexity index is 619. The molecule has 118 valence electrons. The van der Waals surface area contributed by atoms with Crippen molar-refractivity contribution in [1.29, 1.82) is 0 Å². The number of rotatable bonds is 5. The van der Waals surface area contributed by atoms with Gasteiger partial charge in [-0.3, -0.25) is 4.79 Å². The molecule has 1 aromatic rings. The predicted molar refractivity (Wildman–Crippen MR) is 82.0 cm³/mol. The normalized spacial score (nSPS) is 24.1. The van der Waals surface area contributed by atoms with Gasteiger partial charge in [0, 0.05) is 18.0 Å². The quantitative estimate of drug-likeness (QED) is 0.900. The van der Waals surface area contributed by atoms with Gasteiger partial charge in [0.05, 0.1) is 5.41 Å². The van der Waals surface area contributed by atoms with Crippen LogP contribution in [-0.4, -0.2) is 36.9 Å². The smallest absolute Gasteiger partial charge is 0.310 e. The van der Waals surface area contributed by atoms with Crippen LogP contribution in [-0.2, 0) is 14.8 Å². The van der Waals surface area contributed by atoms with Crippen molar-refractivity contribution in [2.24, 2.45) is 5.41 Å². The molecule has 1 aliphatic heterocycles. The Labute approximate surface area is 129 Å². The number of sulfonamides is 1. The molecule has 1 aliphatic rings. The van der Waals surface area contributed by atoms with Gasteiger partial charge in [0.25, 0.3) is 10.0 Å². The van der Waals surface area contributed by atoms with E-state index in [1.807, 2.05) is 13.8 Å². The summed E-state index contributed by atoms with van der Waals surface area (Å²) >= 11 is 1.23. The summed E-state index contributed by atoms with van der Waals surface area (Å²) < 4.78 is 27.0. The summed E-state index contributed by atoms with van der Waals surface area (Å²) in [4.78, 5) is 12.6. The van der Waals surface area contributed by atoms with E-state index in [1.165, 1.54) is 15.6 Å². The van der Waals surface area contributed by atoms with Gasteiger partial charge in [-0.2, -0.15) is 4.31 Å². The highest BCUT2D eigenvalue weighted by molar-refractivity contribution is 7.91. The number of piperidine rings is 1. The second kappa shape index (κ2) is 6.06. The second-order valence-corrected chi connectivity index (χ2v) is 9.10. The first-order valence-electron chi connectivity index (χ1n) is 7.12. The van der Waals surface area contributed by atoms with E-state index in [4.69, 9.17) is 0 Å². The van der Waals surface area contributed by atoms with Crippen LogP contribution in [0.4, 0.5) is 0 Å². The van der Waals surface area contributed by atoms with E-state index in [9.17, 15) is 18.3 Å². The van der Waals surface area contributed by atoms with Crippen molar-refractivity contribution in [1.82, 2.24) is 4.31 Å². The molecule has 1 saturated heterocycles. The molecular formula is C14H21NO4S2. The zero-order valence-electron chi connectivity index (χ0n) is 12.3. The first kappa shape index (κ1) is 16.5. The molecule has 1 unspecified atom stereocenters. The molecule has 7 heteroatoms. The van der Waals surface area contributed by atoms with Gasteiger partial charge in [-0.25, -0.2) is 8.42 Å².